The molecule has 0 amide bonds. The maximum atomic E-state index is 6.10. The quantitative estimate of drug-likeness (QED) is 0.375. The van der Waals surface area contributed by atoms with E-state index in [4.69, 9.17) is 9.47 Å². The zero-order valence-corrected chi connectivity index (χ0v) is 15.9. The standard InChI is InChI=1S/C26H24O2/c1-3-9-21(10-4-1)17-19-27-25-15-7-14-24-23(25)13-8-16-26(24)28-20-18-22-11-5-2-6-12-22/h1-16H,17-20H2. The highest BCUT2D eigenvalue weighted by Gasteiger charge is 2.07. The molecule has 0 aromatic heterocycles. The fourth-order valence-electron chi connectivity index (χ4n) is 3.35. The summed E-state index contributed by atoms with van der Waals surface area (Å²) >= 11 is 0. The van der Waals surface area contributed by atoms with Crippen molar-refractivity contribution in [2.75, 3.05) is 13.2 Å². The topological polar surface area (TPSA) is 18.5 Å². The van der Waals surface area contributed by atoms with Crippen molar-refractivity contribution in [3.63, 3.8) is 0 Å². The van der Waals surface area contributed by atoms with E-state index < -0.39 is 0 Å². The van der Waals surface area contributed by atoms with Crippen LogP contribution in [-0.4, -0.2) is 13.2 Å². The Balaban J connectivity index is 1.43. The van der Waals surface area contributed by atoms with Gasteiger partial charge in [0, 0.05) is 23.6 Å². The number of hydrogen-bond donors (Lipinski definition) is 0. The van der Waals surface area contributed by atoms with Crippen molar-refractivity contribution in [1.82, 2.24) is 0 Å². The van der Waals surface area contributed by atoms with Crippen LogP contribution in [0.2, 0.25) is 0 Å². The lowest BCUT2D eigenvalue weighted by Crippen LogP contribution is -2.03. The molecule has 140 valence electrons. The van der Waals surface area contributed by atoms with E-state index in [-0.39, 0.29) is 0 Å². The van der Waals surface area contributed by atoms with Gasteiger partial charge in [-0.25, -0.2) is 0 Å². The van der Waals surface area contributed by atoms with Gasteiger partial charge in [-0.05, 0) is 23.3 Å². The summed E-state index contributed by atoms with van der Waals surface area (Å²) in [4.78, 5) is 0. The van der Waals surface area contributed by atoms with Crippen LogP contribution >= 0.6 is 0 Å². The maximum absolute atomic E-state index is 6.10. The number of hydrogen-bond acceptors (Lipinski definition) is 2. The Morgan fingerprint density at radius 2 is 0.857 bits per heavy atom. The van der Waals surface area contributed by atoms with Crippen LogP contribution in [0.3, 0.4) is 0 Å². The molecule has 4 aromatic carbocycles. The van der Waals surface area contributed by atoms with Crippen LogP contribution in [0.5, 0.6) is 11.5 Å². The summed E-state index contributed by atoms with van der Waals surface area (Å²) in [6, 6.07) is 33.2. The molecule has 0 atom stereocenters. The first-order chi connectivity index (χ1) is 13.9. The summed E-state index contributed by atoms with van der Waals surface area (Å²) in [7, 11) is 0. The maximum Gasteiger partial charge on any atom is 0.127 e. The van der Waals surface area contributed by atoms with Crippen molar-refractivity contribution in [1.29, 1.82) is 0 Å². The van der Waals surface area contributed by atoms with Crippen LogP contribution in [0.4, 0.5) is 0 Å². The lowest BCUT2D eigenvalue weighted by Gasteiger charge is -2.13. The summed E-state index contributed by atoms with van der Waals surface area (Å²) in [6.45, 7) is 1.31. The fourth-order valence-corrected chi connectivity index (χ4v) is 3.35. The van der Waals surface area contributed by atoms with Crippen molar-refractivity contribution in [2.45, 2.75) is 12.8 Å². The molecule has 0 fully saturated rings. The van der Waals surface area contributed by atoms with Gasteiger partial charge >= 0.3 is 0 Å². The van der Waals surface area contributed by atoms with Crippen molar-refractivity contribution >= 4 is 10.8 Å². The van der Waals surface area contributed by atoms with Crippen molar-refractivity contribution in [3.8, 4) is 11.5 Å². The molecule has 0 heterocycles. The van der Waals surface area contributed by atoms with E-state index >= 15 is 0 Å². The molecule has 4 rings (SSSR count). The highest BCUT2D eigenvalue weighted by atomic mass is 16.5. The third kappa shape index (κ3) is 4.52. The Morgan fingerprint density at radius 3 is 1.29 bits per heavy atom. The van der Waals surface area contributed by atoms with Gasteiger partial charge in [0.1, 0.15) is 11.5 Å². The van der Waals surface area contributed by atoms with Crippen LogP contribution in [0.1, 0.15) is 11.1 Å². The number of rotatable bonds is 8. The Labute approximate surface area is 166 Å². The molecule has 0 bridgehead atoms. The second-order valence-corrected chi connectivity index (χ2v) is 6.78. The van der Waals surface area contributed by atoms with E-state index in [1.165, 1.54) is 11.1 Å². The van der Waals surface area contributed by atoms with Gasteiger partial charge in [-0.1, -0.05) is 84.9 Å². The molecule has 0 aliphatic heterocycles. The molecular formula is C26H24O2. The van der Waals surface area contributed by atoms with Crippen molar-refractivity contribution in [2.24, 2.45) is 0 Å². The van der Waals surface area contributed by atoms with E-state index in [1.54, 1.807) is 0 Å². The molecule has 2 nitrogen and oxygen atoms in total. The predicted octanol–water partition coefficient (Wildman–Crippen LogP) is 6.08. The molecule has 4 aromatic rings. The van der Waals surface area contributed by atoms with E-state index in [9.17, 15) is 0 Å². The minimum absolute atomic E-state index is 0.655. The van der Waals surface area contributed by atoms with Gasteiger partial charge in [0.2, 0.25) is 0 Å². The molecule has 2 heteroatoms. The summed E-state index contributed by atoms with van der Waals surface area (Å²) in [6.07, 6.45) is 1.79. The fraction of sp³-hybridized carbons (Fsp3) is 0.154. The summed E-state index contributed by atoms with van der Waals surface area (Å²) in [5, 5.41) is 2.18. The first kappa shape index (κ1) is 18.1. The molecule has 0 aliphatic rings. The normalized spacial score (nSPS) is 10.7. The molecule has 0 saturated heterocycles. The Bertz CT molecular complexity index is 925. The molecule has 0 radical (unpaired) electrons. The third-order valence-electron chi connectivity index (χ3n) is 4.82. The molecule has 28 heavy (non-hydrogen) atoms. The second-order valence-electron chi connectivity index (χ2n) is 6.78. The van der Waals surface area contributed by atoms with Crippen LogP contribution in [-0.2, 0) is 12.8 Å². The number of benzene rings is 4. The summed E-state index contributed by atoms with van der Waals surface area (Å²) in [5.74, 6) is 1.81. The van der Waals surface area contributed by atoms with E-state index in [1.807, 2.05) is 36.4 Å². The molecule has 0 saturated carbocycles. The van der Waals surface area contributed by atoms with Crippen LogP contribution in [0.15, 0.2) is 97.1 Å². The SMILES string of the molecule is c1ccc(CCOc2cccc3c(OCCc4ccccc4)cccc23)cc1. The number of ether oxygens (including phenoxy) is 2. The van der Waals surface area contributed by atoms with Crippen LogP contribution < -0.4 is 9.47 Å². The first-order valence-corrected chi connectivity index (χ1v) is 9.75. The van der Waals surface area contributed by atoms with E-state index in [2.05, 4.69) is 60.7 Å². The second kappa shape index (κ2) is 9.09. The molecule has 0 aliphatic carbocycles. The van der Waals surface area contributed by atoms with Gasteiger partial charge in [-0.2, -0.15) is 0 Å². The monoisotopic (exact) mass is 368 g/mol. The van der Waals surface area contributed by atoms with Gasteiger partial charge in [0.15, 0.2) is 0 Å². The van der Waals surface area contributed by atoms with E-state index in [0.717, 1.165) is 35.1 Å². The third-order valence-corrected chi connectivity index (χ3v) is 4.82. The van der Waals surface area contributed by atoms with Gasteiger partial charge in [0.25, 0.3) is 0 Å². The van der Waals surface area contributed by atoms with Crippen LogP contribution in [0.25, 0.3) is 10.8 Å². The Hall–Kier alpha value is -3.26. The predicted molar refractivity (Wildman–Crippen MR) is 115 cm³/mol. The summed E-state index contributed by atoms with van der Waals surface area (Å²) < 4.78 is 12.2. The highest BCUT2D eigenvalue weighted by molar-refractivity contribution is 5.93. The molecule has 0 unspecified atom stereocenters. The lowest BCUT2D eigenvalue weighted by molar-refractivity contribution is 0.322. The molecule has 0 N–H and O–H groups in total. The Kier molecular flexibility index (Phi) is 5.89. The van der Waals surface area contributed by atoms with E-state index in [0.29, 0.717) is 13.2 Å². The average molecular weight is 368 g/mol. The average Bonchev–Trinajstić information content (AvgIpc) is 2.76. The summed E-state index contributed by atoms with van der Waals surface area (Å²) in [5.41, 5.74) is 2.57. The minimum atomic E-state index is 0.655. The smallest absolute Gasteiger partial charge is 0.127 e. The van der Waals surface area contributed by atoms with Crippen molar-refractivity contribution < 1.29 is 9.47 Å². The zero-order valence-electron chi connectivity index (χ0n) is 15.9. The van der Waals surface area contributed by atoms with Gasteiger partial charge in [0.05, 0.1) is 13.2 Å². The largest absolute Gasteiger partial charge is 0.493 e. The molecule has 0 spiro atoms. The van der Waals surface area contributed by atoms with Gasteiger partial charge < -0.3 is 9.47 Å². The van der Waals surface area contributed by atoms with Crippen LogP contribution in [0, 0.1) is 0 Å². The minimum Gasteiger partial charge on any atom is -0.493 e. The number of fused-ring (bicyclic) bond motifs is 1. The first-order valence-electron chi connectivity index (χ1n) is 9.75. The Morgan fingerprint density at radius 1 is 0.429 bits per heavy atom. The van der Waals surface area contributed by atoms with Gasteiger partial charge in [-0.15, -0.1) is 0 Å². The van der Waals surface area contributed by atoms with Crippen molar-refractivity contribution in [3.05, 3.63) is 108 Å². The van der Waals surface area contributed by atoms with Gasteiger partial charge in [-0.3, -0.25) is 0 Å². The highest BCUT2D eigenvalue weighted by Crippen LogP contribution is 2.32. The molecular weight excluding hydrogens is 344 g/mol. The lowest BCUT2D eigenvalue weighted by atomic mass is 10.1. The zero-order chi connectivity index (χ0) is 19.0.